The van der Waals surface area contributed by atoms with E-state index in [2.05, 4.69) is 15.9 Å². The third kappa shape index (κ3) is 3.55. The average molecular weight is 415 g/mol. The third-order valence-corrected chi connectivity index (χ3v) is 8.48. The summed E-state index contributed by atoms with van der Waals surface area (Å²) in [7, 11) is -7.37. The lowest BCUT2D eigenvalue weighted by Gasteiger charge is -2.33. The Labute approximate surface area is 137 Å². The molecule has 0 radical (unpaired) electrons. The smallest absolute Gasteiger partial charge is 0.244 e. The Bertz CT molecular complexity index is 749. The Balaban J connectivity index is 2.48. The molecular formula is C11H15BrN2O4S3. The predicted octanol–water partition coefficient (Wildman–Crippen LogP) is 1.14. The van der Waals surface area contributed by atoms with E-state index in [0.29, 0.717) is 15.9 Å². The number of nitrogens with zero attached hydrogens (tertiary/aromatic N) is 1. The van der Waals surface area contributed by atoms with Crippen LogP contribution in [0.2, 0.25) is 0 Å². The minimum absolute atomic E-state index is 0.0316. The molecule has 0 spiro atoms. The van der Waals surface area contributed by atoms with Gasteiger partial charge in [-0.3, -0.25) is 0 Å². The number of halogens is 1. The zero-order valence-electron chi connectivity index (χ0n) is 11.2. The van der Waals surface area contributed by atoms with E-state index in [-0.39, 0.29) is 17.2 Å². The number of thioether (sulfide) groups is 1. The van der Waals surface area contributed by atoms with Crippen molar-refractivity contribution in [2.24, 2.45) is 0 Å². The number of nitrogen functional groups attached to an aromatic ring is 1. The second kappa shape index (κ2) is 6.07. The standard InChI is InChI=1S/C11H15BrN2O4S3/c1-20(15,16)11-7-19-5-4-14(11)21(17,18)8-2-3-10(13)9(12)6-8/h2-3,6,11H,4-5,7,13H2,1H3. The van der Waals surface area contributed by atoms with Gasteiger partial charge in [0.2, 0.25) is 10.0 Å². The van der Waals surface area contributed by atoms with Crippen molar-refractivity contribution in [3.05, 3.63) is 22.7 Å². The maximum Gasteiger partial charge on any atom is 0.244 e. The van der Waals surface area contributed by atoms with Gasteiger partial charge >= 0.3 is 0 Å². The van der Waals surface area contributed by atoms with Gasteiger partial charge in [-0.05, 0) is 34.1 Å². The lowest BCUT2D eigenvalue weighted by molar-refractivity contribution is 0.405. The Kier molecular flexibility index (Phi) is 4.94. The number of sulfone groups is 1. The van der Waals surface area contributed by atoms with Crippen molar-refractivity contribution in [1.29, 1.82) is 0 Å². The largest absolute Gasteiger partial charge is 0.398 e. The van der Waals surface area contributed by atoms with Crippen LogP contribution in [0.4, 0.5) is 5.69 Å². The molecule has 10 heteroatoms. The zero-order chi connectivity index (χ0) is 15.8. The Morgan fingerprint density at radius 1 is 1.33 bits per heavy atom. The van der Waals surface area contributed by atoms with E-state index in [9.17, 15) is 16.8 Å². The molecule has 1 fully saturated rings. The SMILES string of the molecule is CS(=O)(=O)C1CSCCN1S(=O)(=O)c1ccc(N)c(Br)c1. The van der Waals surface area contributed by atoms with Crippen LogP contribution in [0.5, 0.6) is 0 Å². The Morgan fingerprint density at radius 3 is 2.57 bits per heavy atom. The Morgan fingerprint density at radius 2 is 2.00 bits per heavy atom. The van der Waals surface area contributed by atoms with Crippen molar-refractivity contribution in [1.82, 2.24) is 4.31 Å². The van der Waals surface area contributed by atoms with Gasteiger partial charge in [0.05, 0.1) is 4.90 Å². The molecule has 0 aromatic heterocycles. The van der Waals surface area contributed by atoms with Gasteiger partial charge in [-0.2, -0.15) is 16.1 Å². The van der Waals surface area contributed by atoms with Gasteiger partial charge in [0.1, 0.15) is 5.37 Å². The van der Waals surface area contributed by atoms with Gasteiger partial charge in [0.15, 0.2) is 9.84 Å². The minimum Gasteiger partial charge on any atom is -0.398 e. The molecule has 0 amide bonds. The van der Waals surface area contributed by atoms with E-state index in [0.717, 1.165) is 10.6 Å². The lowest BCUT2D eigenvalue weighted by Crippen LogP contribution is -2.49. The van der Waals surface area contributed by atoms with Crippen molar-refractivity contribution in [2.45, 2.75) is 10.3 Å². The first-order valence-corrected chi connectivity index (χ1v) is 11.3. The van der Waals surface area contributed by atoms with Gasteiger partial charge < -0.3 is 5.73 Å². The summed E-state index contributed by atoms with van der Waals surface area (Å²) >= 11 is 4.62. The molecule has 1 aromatic rings. The second-order valence-electron chi connectivity index (χ2n) is 4.66. The molecule has 1 aromatic carbocycles. The summed E-state index contributed by atoms with van der Waals surface area (Å²) in [6.07, 6.45) is 1.06. The molecule has 118 valence electrons. The Hall–Kier alpha value is -0.290. The van der Waals surface area contributed by atoms with Crippen LogP contribution in [0.15, 0.2) is 27.6 Å². The van der Waals surface area contributed by atoms with Crippen LogP contribution in [0.25, 0.3) is 0 Å². The maximum atomic E-state index is 12.7. The van der Waals surface area contributed by atoms with Crippen LogP contribution >= 0.6 is 27.7 Å². The number of hydrogen-bond acceptors (Lipinski definition) is 6. The normalized spacial score (nSPS) is 21.3. The molecule has 0 bridgehead atoms. The fourth-order valence-electron chi connectivity index (χ4n) is 1.98. The average Bonchev–Trinajstić information content (AvgIpc) is 2.41. The quantitative estimate of drug-likeness (QED) is 0.744. The van der Waals surface area contributed by atoms with Crippen molar-refractivity contribution in [3.8, 4) is 0 Å². The lowest BCUT2D eigenvalue weighted by atomic mass is 10.3. The monoisotopic (exact) mass is 414 g/mol. The van der Waals surface area contributed by atoms with E-state index >= 15 is 0 Å². The van der Waals surface area contributed by atoms with E-state index in [1.54, 1.807) is 0 Å². The van der Waals surface area contributed by atoms with E-state index in [4.69, 9.17) is 5.73 Å². The first kappa shape index (κ1) is 17.1. The summed E-state index contributed by atoms with van der Waals surface area (Å²) in [5.74, 6) is 0.815. The molecule has 6 nitrogen and oxygen atoms in total. The first-order chi connectivity index (χ1) is 9.64. The van der Waals surface area contributed by atoms with Gasteiger partial charge in [-0.15, -0.1) is 0 Å². The van der Waals surface area contributed by atoms with Crippen molar-refractivity contribution in [2.75, 3.05) is 30.0 Å². The summed E-state index contributed by atoms with van der Waals surface area (Å²) in [6.45, 7) is 0.173. The van der Waals surface area contributed by atoms with Crippen molar-refractivity contribution < 1.29 is 16.8 Å². The highest BCUT2D eigenvalue weighted by Crippen LogP contribution is 2.30. The summed E-state index contributed by atoms with van der Waals surface area (Å²) in [5, 5.41) is -1.03. The van der Waals surface area contributed by atoms with E-state index < -0.39 is 25.2 Å². The molecule has 1 saturated heterocycles. The molecular weight excluding hydrogens is 400 g/mol. The fraction of sp³-hybridized carbons (Fsp3) is 0.455. The highest BCUT2D eigenvalue weighted by molar-refractivity contribution is 9.10. The number of benzene rings is 1. The van der Waals surface area contributed by atoms with Crippen molar-refractivity contribution in [3.63, 3.8) is 0 Å². The van der Waals surface area contributed by atoms with Crippen LogP contribution in [-0.2, 0) is 19.9 Å². The second-order valence-corrected chi connectivity index (χ2v) is 10.8. The van der Waals surface area contributed by atoms with Gasteiger partial charge in [0.25, 0.3) is 0 Å². The highest BCUT2D eigenvalue weighted by Gasteiger charge is 2.39. The molecule has 1 aliphatic rings. The topological polar surface area (TPSA) is 97.5 Å². The number of nitrogens with two attached hydrogens (primary N) is 1. The molecule has 21 heavy (non-hydrogen) atoms. The van der Waals surface area contributed by atoms with Crippen LogP contribution in [0, 0.1) is 0 Å². The summed E-state index contributed by atoms with van der Waals surface area (Å²) in [5.41, 5.74) is 6.07. The molecule has 1 heterocycles. The predicted molar refractivity (Wildman–Crippen MR) is 88.4 cm³/mol. The fourth-order valence-corrected chi connectivity index (χ4v) is 7.71. The van der Waals surface area contributed by atoms with Crippen LogP contribution < -0.4 is 5.73 Å². The molecule has 1 unspecified atom stereocenters. The number of hydrogen-bond donors (Lipinski definition) is 1. The molecule has 0 saturated carbocycles. The number of rotatable bonds is 3. The zero-order valence-corrected chi connectivity index (χ0v) is 15.2. The van der Waals surface area contributed by atoms with Gasteiger partial charge in [0, 0.05) is 34.5 Å². The first-order valence-electron chi connectivity index (χ1n) is 5.97. The summed E-state index contributed by atoms with van der Waals surface area (Å²) in [6, 6.07) is 4.26. The van der Waals surface area contributed by atoms with Gasteiger partial charge in [-0.25, -0.2) is 16.8 Å². The number of sulfonamides is 1. The molecule has 1 atom stereocenters. The minimum atomic E-state index is -3.88. The van der Waals surface area contributed by atoms with Crippen LogP contribution in [0.3, 0.4) is 0 Å². The van der Waals surface area contributed by atoms with Crippen LogP contribution in [-0.4, -0.2) is 50.8 Å². The van der Waals surface area contributed by atoms with E-state index in [1.165, 1.54) is 30.0 Å². The summed E-state index contributed by atoms with van der Waals surface area (Å²) in [4.78, 5) is 0.0316. The van der Waals surface area contributed by atoms with Crippen molar-refractivity contribution >= 4 is 53.2 Å². The van der Waals surface area contributed by atoms with Crippen LogP contribution in [0.1, 0.15) is 0 Å². The summed E-state index contributed by atoms with van der Waals surface area (Å²) < 4.78 is 50.6. The molecule has 2 rings (SSSR count). The number of anilines is 1. The molecule has 1 aliphatic heterocycles. The third-order valence-electron chi connectivity index (χ3n) is 3.11. The van der Waals surface area contributed by atoms with Gasteiger partial charge in [-0.1, -0.05) is 0 Å². The molecule has 2 N–H and O–H groups in total. The van der Waals surface area contributed by atoms with E-state index in [1.807, 2.05) is 0 Å². The highest BCUT2D eigenvalue weighted by atomic mass is 79.9. The molecule has 0 aliphatic carbocycles. The maximum absolute atomic E-state index is 12.7.